The van der Waals surface area contributed by atoms with Crippen molar-refractivity contribution in [1.82, 2.24) is 4.90 Å². The van der Waals surface area contributed by atoms with Crippen molar-refractivity contribution >= 4 is 11.6 Å². The van der Waals surface area contributed by atoms with Crippen molar-refractivity contribution < 1.29 is 9.53 Å². The Morgan fingerprint density at radius 3 is 2.38 bits per heavy atom. The molecule has 1 heterocycles. The van der Waals surface area contributed by atoms with E-state index in [1.54, 1.807) is 0 Å². The molecule has 4 heteroatoms. The highest BCUT2D eigenvalue weighted by molar-refractivity contribution is 6.01. The normalized spacial score (nSPS) is 16.6. The summed E-state index contributed by atoms with van der Waals surface area (Å²) in [6.07, 6.45) is 0.861. The third kappa shape index (κ3) is 3.85. The van der Waals surface area contributed by atoms with Crippen LogP contribution in [0.5, 0.6) is 5.75 Å². The molecule has 0 saturated carbocycles. The van der Waals surface area contributed by atoms with Crippen LogP contribution in [-0.2, 0) is 0 Å². The summed E-state index contributed by atoms with van der Waals surface area (Å²) >= 11 is 0. The van der Waals surface area contributed by atoms with Crippen molar-refractivity contribution in [2.24, 2.45) is 5.92 Å². The zero-order valence-electron chi connectivity index (χ0n) is 16.0. The van der Waals surface area contributed by atoms with E-state index in [0.29, 0.717) is 5.92 Å². The Kier molecular flexibility index (Phi) is 5.50. The summed E-state index contributed by atoms with van der Waals surface area (Å²) in [5, 5.41) is 3.52. The summed E-state index contributed by atoms with van der Waals surface area (Å²) in [4.78, 5) is 14.9. The van der Waals surface area contributed by atoms with Gasteiger partial charge in [0.15, 0.2) is 0 Å². The molecule has 0 saturated heterocycles. The fraction of sp³-hybridized carbons (Fsp3) is 0.409. The van der Waals surface area contributed by atoms with Crippen molar-refractivity contribution in [3.8, 4) is 5.75 Å². The van der Waals surface area contributed by atoms with Crippen molar-refractivity contribution in [3.05, 3.63) is 59.7 Å². The average Bonchev–Trinajstić information content (AvgIpc) is 2.61. The Balaban J connectivity index is 1.81. The average molecular weight is 352 g/mol. The summed E-state index contributed by atoms with van der Waals surface area (Å²) < 4.78 is 5.81. The van der Waals surface area contributed by atoms with Gasteiger partial charge in [-0.2, -0.15) is 0 Å². The van der Waals surface area contributed by atoms with Gasteiger partial charge in [-0.15, -0.1) is 0 Å². The SMILES string of the molecule is CC(C)CCOc1ccc(C2Nc3ccccc3C(=O)N2C(C)C)cc1. The maximum Gasteiger partial charge on any atom is 0.258 e. The molecule has 0 aliphatic carbocycles. The van der Waals surface area contributed by atoms with Crippen molar-refractivity contribution in [3.63, 3.8) is 0 Å². The molecular formula is C22H28N2O2. The van der Waals surface area contributed by atoms with Crippen LogP contribution in [0.2, 0.25) is 0 Å². The summed E-state index contributed by atoms with van der Waals surface area (Å²) in [6, 6.07) is 15.8. The number of amides is 1. The number of rotatable bonds is 6. The number of hydrogen-bond acceptors (Lipinski definition) is 3. The molecule has 4 nitrogen and oxygen atoms in total. The summed E-state index contributed by atoms with van der Waals surface area (Å²) in [6.45, 7) is 9.20. The highest BCUT2D eigenvalue weighted by Crippen LogP contribution is 2.34. The third-order valence-electron chi connectivity index (χ3n) is 4.68. The van der Waals surface area contributed by atoms with E-state index in [0.717, 1.165) is 35.6 Å². The second kappa shape index (κ2) is 7.81. The van der Waals surface area contributed by atoms with Crippen LogP contribution in [0.15, 0.2) is 48.5 Å². The van der Waals surface area contributed by atoms with Gasteiger partial charge in [-0.05, 0) is 56.0 Å². The largest absolute Gasteiger partial charge is 0.494 e. The van der Waals surface area contributed by atoms with Crippen LogP contribution in [0.3, 0.4) is 0 Å². The van der Waals surface area contributed by atoms with Gasteiger partial charge in [-0.25, -0.2) is 0 Å². The molecule has 3 rings (SSSR count). The van der Waals surface area contributed by atoms with E-state index in [4.69, 9.17) is 4.74 Å². The van der Waals surface area contributed by atoms with Gasteiger partial charge in [0.2, 0.25) is 0 Å². The van der Waals surface area contributed by atoms with Crippen LogP contribution in [0.1, 0.15) is 56.2 Å². The van der Waals surface area contributed by atoms with Crippen LogP contribution in [0.4, 0.5) is 5.69 Å². The van der Waals surface area contributed by atoms with Gasteiger partial charge in [0, 0.05) is 11.7 Å². The van der Waals surface area contributed by atoms with Gasteiger partial charge in [0.25, 0.3) is 5.91 Å². The number of carbonyl (C=O) groups excluding carboxylic acids is 1. The first-order valence-electron chi connectivity index (χ1n) is 9.38. The highest BCUT2D eigenvalue weighted by atomic mass is 16.5. The topological polar surface area (TPSA) is 41.6 Å². The quantitative estimate of drug-likeness (QED) is 0.787. The standard InChI is InChI=1S/C22H28N2O2/c1-15(2)13-14-26-18-11-9-17(10-12-18)21-23-20-8-6-5-7-19(20)22(25)24(21)16(3)4/h5-12,15-16,21,23H,13-14H2,1-4H3. The summed E-state index contributed by atoms with van der Waals surface area (Å²) in [5.41, 5.74) is 2.67. The van der Waals surface area contributed by atoms with Gasteiger partial charge in [-0.3, -0.25) is 4.79 Å². The minimum Gasteiger partial charge on any atom is -0.494 e. The van der Waals surface area contributed by atoms with Crippen LogP contribution in [0.25, 0.3) is 0 Å². The van der Waals surface area contributed by atoms with Gasteiger partial charge in [0.1, 0.15) is 11.9 Å². The molecule has 1 aliphatic heterocycles. The number of carbonyl (C=O) groups is 1. The Labute approximate surface area is 156 Å². The molecule has 138 valence electrons. The highest BCUT2D eigenvalue weighted by Gasteiger charge is 2.34. The van der Waals surface area contributed by atoms with E-state index < -0.39 is 0 Å². The van der Waals surface area contributed by atoms with Crippen LogP contribution in [-0.4, -0.2) is 23.5 Å². The molecule has 2 aromatic rings. The first-order chi connectivity index (χ1) is 12.5. The Morgan fingerprint density at radius 1 is 1.04 bits per heavy atom. The zero-order valence-corrected chi connectivity index (χ0v) is 16.0. The van der Waals surface area contributed by atoms with Crippen LogP contribution < -0.4 is 10.1 Å². The molecule has 2 aromatic carbocycles. The van der Waals surface area contributed by atoms with Crippen molar-refractivity contribution in [1.29, 1.82) is 0 Å². The fourth-order valence-corrected chi connectivity index (χ4v) is 3.20. The van der Waals surface area contributed by atoms with E-state index in [-0.39, 0.29) is 18.1 Å². The lowest BCUT2D eigenvalue weighted by Gasteiger charge is -2.40. The lowest BCUT2D eigenvalue weighted by molar-refractivity contribution is 0.0617. The monoisotopic (exact) mass is 352 g/mol. The van der Waals surface area contributed by atoms with Crippen LogP contribution >= 0.6 is 0 Å². The number of benzene rings is 2. The number of ether oxygens (including phenoxy) is 1. The predicted octanol–water partition coefficient (Wildman–Crippen LogP) is 5.09. The summed E-state index contributed by atoms with van der Waals surface area (Å²) in [5.74, 6) is 1.57. The summed E-state index contributed by atoms with van der Waals surface area (Å²) in [7, 11) is 0. The molecule has 1 amide bonds. The molecule has 1 atom stereocenters. The number of nitrogens with one attached hydrogen (secondary N) is 1. The molecule has 0 radical (unpaired) electrons. The Bertz CT molecular complexity index is 753. The fourth-order valence-electron chi connectivity index (χ4n) is 3.20. The Hall–Kier alpha value is -2.49. The molecule has 26 heavy (non-hydrogen) atoms. The molecule has 0 spiro atoms. The smallest absolute Gasteiger partial charge is 0.258 e. The molecule has 1 unspecified atom stereocenters. The lowest BCUT2D eigenvalue weighted by Crippen LogP contribution is -2.46. The van der Waals surface area contributed by atoms with Gasteiger partial charge in [0.05, 0.1) is 12.2 Å². The van der Waals surface area contributed by atoms with Crippen molar-refractivity contribution in [2.45, 2.75) is 46.3 Å². The van der Waals surface area contributed by atoms with E-state index >= 15 is 0 Å². The molecule has 0 bridgehead atoms. The second-order valence-corrected chi connectivity index (χ2v) is 7.50. The van der Waals surface area contributed by atoms with Gasteiger partial charge < -0.3 is 15.0 Å². The molecule has 0 fully saturated rings. The number of hydrogen-bond donors (Lipinski definition) is 1. The lowest BCUT2D eigenvalue weighted by atomic mass is 10.0. The van der Waals surface area contributed by atoms with Gasteiger partial charge in [-0.1, -0.05) is 38.1 Å². The number of para-hydroxylation sites is 1. The van der Waals surface area contributed by atoms with Crippen molar-refractivity contribution in [2.75, 3.05) is 11.9 Å². The van der Waals surface area contributed by atoms with Gasteiger partial charge >= 0.3 is 0 Å². The van der Waals surface area contributed by atoms with E-state index in [1.807, 2.05) is 67.3 Å². The predicted molar refractivity (Wildman–Crippen MR) is 106 cm³/mol. The molecule has 0 aromatic heterocycles. The molecule has 1 aliphatic rings. The number of anilines is 1. The van der Waals surface area contributed by atoms with Crippen LogP contribution in [0, 0.1) is 5.92 Å². The zero-order chi connectivity index (χ0) is 18.7. The second-order valence-electron chi connectivity index (χ2n) is 7.50. The maximum absolute atomic E-state index is 13.0. The minimum absolute atomic E-state index is 0.0663. The molecule has 1 N–H and O–H groups in total. The molecular weight excluding hydrogens is 324 g/mol. The van der Waals surface area contributed by atoms with E-state index in [9.17, 15) is 4.79 Å². The van der Waals surface area contributed by atoms with E-state index in [1.165, 1.54) is 0 Å². The Morgan fingerprint density at radius 2 is 1.73 bits per heavy atom. The van der Waals surface area contributed by atoms with E-state index in [2.05, 4.69) is 19.2 Å². The first-order valence-corrected chi connectivity index (χ1v) is 9.38. The third-order valence-corrected chi connectivity index (χ3v) is 4.68. The maximum atomic E-state index is 13.0. The number of nitrogens with zero attached hydrogens (tertiary/aromatic N) is 1. The number of fused-ring (bicyclic) bond motifs is 1. The minimum atomic E-state index is -0.179. The first kappa shape index (κ1) is 18.3.